The molecule has 0 aliphatic heterocycles. The molecule has 6 nitrogen and oxygen atoms in total. The summed E-state index contributed by atoms with van der Waals surface area (Å²) in [6, 6.07) is 0. The van der Waals surface area contributed by atoms with Crippen LogP contribution in [0.3, 0.4) is 0 Å². The first-order valence-electron chi connectivity index (χ1n) is 1.92. The van der Waals surface area contributed by atoms with Crippen LogP contribution in [0.4, 0.5) is 0 Å². The van der Waals surface area contributed by atoms with Gasteiger partial charge in [0.05, 0.1) is 9.85 Å². The Morgan fingerprint density at radius 1 is 1.33 bits per heavy atom. The van der Waals surface area contributed by atoms with Crippen LogP contribution in [0.1, 0.15) is 0 Å². The highest BCUT2D eigenvalue weighted by Gasteiger charge is 2.29. The Balaban J connectivity index is 3.99. The first-order chi connectivity index (χ1) is 4.09. The van der Waals surface area contributed by atoms with Crippen molar-refractivity contribution >= 4 is 11.6 Å². The summed E-state index contributed by atoms with van der Waals surface area (Å²) in [5, 5.41) is 19.3. The Bertz CT molecular complexity index is 123. The van der Waals surface area contributed by atoms with Gasteiger partial charge in [-0.05, 0) is 0 Å². The van der Waals surface area contributed by atoms with E-state index in [2.05, 4.69) is 0 Å². The molecule has 0 aliphatic rings. The fraction of sp³-hybridized carbons (Fsp3) is 1.00. The van der Waals surface area contributed by atoms with Crippen LogP contribution in [0.2, 0.25) is 0 Å². The van der Waals surface area contributed by atoms with Gasteiger partial charge in [-0.25, -0.2) is 0 Å². The molecule has 0 aromatic heterocycles. The molecule has 0 saturated carbocycles. The van der Waals surface area contributed by atoms with Gasteiger partial charge in [-0.15, -0.1) is 11.6 Å². The van der Waals surface area contributed by atoms with Crippen molar-refractivity contribution in [3.8, 4) is 0 Å². The number of halogens is 1. The standard InChI is InChI=1S/C2H3ClN2O4/c3-1-2(4(6)7)5(8)9/h2H,1H2. The summed E-state index contributed by atoms with van der Waals surface area (Å²) < 4.78 is 0. The Hall–Kier alpha value is -0.910. The maximum atomic E-state index is 9.65. The van der Waals surface area contributed by atoms with E-state index in [4.69, 9.17) is 11.6 Å². The molecule has 0 aromatic rings. The molecule has 0 amide bonds. The smallest absolute Gasteiger partial charge is 0.259 e. The Morgan fingerprint density at radius 3 is 1.67 bits per heavy atom. The molecule has 0 heterocycles. The molecule has 0 aromatic carbocycles. The van der Waals surface area contributed by atoms with Gasteiger partial charge in [-0.3, -0.25) is 20.2 Å². The maximum Gasteiger partial charge on any atom is 0.463 e. The summed E-state index contributed by atoms with van der Waals surface area (Å²) in [5.74, 6) is -0.597. The van der Waals surface area contributed by atoms with Crippen molar-refractivity contribution in [1.82, 2.24) is 0 Å². The van der Waals surface area contributed by atoms with Crippen LogP contribution in [0.15, 0.2) is 0 Å². The van der Waals surface area contributed by atoms with E-state index < -0.39 is 21.9 Å². The molecule has 0 aliphatic carbocycles. The minimum atomic E-state index is -1.87. The van der Waals surface area contributed by atoms with Gasteiger partial charge in [-0.1, -0.05) is 0 Å². The highest BCUT2D eigenvalue weighted by Crippen LogP contribution is 1.93. The third-order valence-corrected chi connectivity index (χ3v) is 0.901. The summed E-state index contributed by atoms with van der Waals surface area (Å²) in [4.78, 5) is 17.2. The third kappa shape index (κ3) is 2.22. The van der Waals surface area contributed by atoms with Crippen molar-refractivity contribution in [2.45, 2.75) is 6.17 Å². The lowest BCUT2D eigenvalue weighted by atomic mass is 10.6. The predicted octanol–water partition coefficient (Wildman–Crippen LogP) is 0.105. The van der Waals surface area contributed by atoms with Crippen molar-refractivity contribution in [2.24, 2.45) is 0 Å². The number of nitro groups is 2. The van der Waals surface area contributed by atoms with Crippen molar-refractivity contribution in [3.63, 3.8) is 0 Å². The minimum Gasteiger partial charge on any atom is -0.259 e. The topological polar surface area (TPSA) is 86.3 Å². The highest BCUT2D eigenvalue weighted by molar-refractivity contribution is 6.18. The van der Waals surface area contributed by atoms with Gasteiger partial charge in [-0.2, -0.15) is 0 Å². The zero-order valence-corrected chi connectivity index (χ0v) is 4.95. The van der Waals surface area contributed by atoms with E-state index in [1.54, 1.807) is 0 Å². The SMILES string of the molecule is O=[N+]([O-])C(CCl)[N+](=O)[O-]. The molecule has 0 N–H and O–H groups in total. The van der Waals surface area contributed by atoms with Gasteiger partial charge in [0.1, 0.15) is 0 Å². The summed E-state index contributed by atoms with van der Waals surface area (Å²) in [7, 11) is 0. The zero-order valence-electron chi connectivity index (χ0n) is 4.19. The monoisotopic (exact) mass is 154 g/mol. The Morgan fingerprint density at radius 2 is 1.67 bits per heavy atom. The second-order valence-electron chi connectivity index (χ2n) is 1.21. The van der Waals surface area contributed by atoms with Gasteiger partial charge in [0.2, 0.25) is 0 Å². The first-order valence-corrected chi connectivity index (χ1v) is 2.46. The molecule has 0 spiro atoms. The normalized spacial score (nSPS) is 9.56. The van der Waals surface area contributed by atoms with Crippen LogP contribution in [-0.2, 0) is 0 Å². The maximum absolute atomic E-state index is 9.65. The molecule has 0 fully saturated rings. The summed E-state index contributed by atoms with van der Waals surface area (Å²) in [6.07, 6.45) is -1.87. The molecule has 0 radical (unpaired) electrons. The van der Waals surface area contributed by atoms with Crippen LogP contribution >= 0.6 is 11.6 Å². The predicted molar refractivity (Wildman–Crippen MR) is 28.5 cm³/mol. The van der Waals surface area contributed by atoms with Crippen molar-refractivity contribution in [3.05, 3.63) is 20.2 Å². The molecule has 0 rings (SSSR count). The second kappa shape index (κ2) is 3.18. The number of nitrogens with zero attached hydrogens (tertiary/aromatic N) is 2. The van der Waals surface area contributed by atoms with E-state index in [-0.39, 0.29) is 0 Å². The van der Waals surface area contributed by atoms with E-state index in [0.29, 0.717) is 0 Å². The average molecular weight is 155 g/mol. The van der Waals surface area contributed by atoms with Crippen molar-refractivity contribution < 1.29 is 9.85 Å². The fourth-order valence-electron chi connectivity index (χ4n) is 0.190. The van der Waals surface area contributed by atoms with Crippen LogP contribution in [-0.4, -0.2) is 21.9 Å². The molecule has 9 heavy (non-hydrogen) atoms. The van der Waals surface area contributed by atoms with Gasteiger partial charge in [0, 0.05) is 0 Å². The van der Waals surface area contributed by atoms with E-state index in [0.717, 1.165) is 0 Å². The lowest BCUT2D eigenvalue weighted by Gasteiger charge is -1.94. The Kier molecular flexibility index (Phi) is 2.86. The summed E-state index contributed by atoms with van der Waals surface area (Å²) in [5.41, 5.74) is 0. The zero-order chi connectivity index (χ0) is 7.44. The molecule has 0 bridgehead atoms. The molecule has 52 valence electrons. The van der Waals surface area contributed by atoms with Gasteiger partial charge < -0.3 is 0 Å². The molecule has 0 saturated heterocycles. The number of alkyl halides is 1. The second-order valence-corrected chi connectivity index (χ2v) is 1.51. The molecule has 0 unspecified atom stereocenters. The van der Waals surface area contributed by atoms with Crippen LogP contribution in [0.5, 0.6) is 0 Å². The number of hydrogen-bond donors (Lipinski definition) is 0. The molecule has 7 heteroatoms. The number of hydrogen-bond acceptors (Lipinski definition) is 4. The van der Waals surface area contributed by atoms with Crippen LogP contribution in [0.25, 0.3) is 0 Å². The fourth-order valence-corrected chi connectivity index (χ4v) is 0.415. The first kappa shape index (κ1) is 8.09. The highest BCUT2D eigenvalue weighted by atomic mass is 35.5. The van der Waals surface area contributed by atoms with Crippen LogP contribution in [0, 0.1) is 20.2 Å². The molecular formula is C2H3ClN2O4. The van der Waals surface area contributed by atoms with E-state index >= 15 is 0 Å². The minimum absolute atomic E-state index is 0.597. The summed E-state index contributed by atoms with van der Waals surface area (Å²) in [6.45, 7) is 0. The lowest BCUT2D eigenvalue weighted by molar-refractivity contribution is -0.736. The quantitative estimate of drug-likeness (QED) is 0.250. The third-order valence-electron chi connectivity index (χ3n) is 0.625. The van der Waals surface area contributed by atoms with Crippen molar-refractivity contribution in [1.29, 1.82) is 0 Å². The van der Waals surface area contributed by atoms with Gasteiger partial charge in [0.15, 0.2) is 5.88 Å². The Labute approximate surface area is 54.7 Å². The molecular weight excluding hydrogens is 151 g/mol. The van der Waals surface area contributed by atoms with E-state index in [1.807, 2.05) is 0 Å². The average Bonchev–Trinajstić information content (AvgIpc) is 1.64. The van der Waals surface area contributed by atoms with Gasteiger partial charge in [0.25, 0.3) is 0 Å². The van der Waals surface area contributed by atoms with Crippen LogP contribution < -0.4 is 0 Å². The van der Waals surface area contributed by atoms with E-state index in [1.165, 1.54) is 0 Å². The molecule has 0 atom stereocenters. The summed E-state index contributed by atoms with van der Waals surface area (Å²) >= 11 is 4.87. The number of rotatable bonds is 3. The van der Waals surface area contributed by atoms with Crippen molar-refractivity contribution in [2.75, 3.05) is 5.88 Å². The van der Waals surface area contributed by atoms with E-state index in [9.17, 15) is 20.2 Å². The lowest BCUT2D eigenvalue weighted by Crippen LogP contribution is -2.30. The largest absolute Gasteiger partial charge is 0.463 e. The van der Waals surface area contributed by atoms with Gasteiger partial charge >= 0.3 is 6.17 Å².